The van der Waals surface area contributed by atoms with Crippen LogP contribution in [-0.2, 0) is 27.9 Å². The average molecular weight is 561 g/mol. The van der Waals surface area contributed by atoms with Crippen LogP contribution in [0.2, 0.25) is 5.15 Å². The van der Waals surface area contributed by atoms with Gasteiger partial charge in [0.1, 0.15) is 11.6 Å². The molecule has 1 aliphatic carbocycles. The van der Waals surface area contributed by atoms with Crippen LogP contribution >= 0.6 is 31.1 Å². The van der Waals surface area contributed by atoms with Crippen LogP contribution in [0.5, 0.6) is 0 Å². The number of hydrogen-bond acceptors (Lipinski definition) is 11. The highest BCUT2D eigenvalue weighted by Crippen LogP contribution is 2.46. The Balaban J connectivity index is 1.62. The summed E-state index contributed by atoms with van der Waals surface area (Å²) >= 11 is 7.21. The molecule has 15 heteroatoms. The minimum atomic E-state index is -3.89. The molecule has 0 bridgehead atoms. The van der Waals surface area contributed by atoms with Crippen LogP contribution < -0.4 is 10.8 Å². The first-order valence-corrected chi connectivity index (χ1v) is 14.2. The van der Waals surface area contributed by atoms with Crippen LogP contribution in [0.4, 0.5) is 5.95 Å². The summed E-state index contributed by atoms with van der Waals surface area (Å²) in [5, 5.41) is 2.80. The monoisotopic (exact) mass is 560 g/mol. The molecular formula is C21H30ClN6O6PS. The number of thioether (sulfide) groups is 1. The molecule has 0 radical (unpaired) electrons. The molecule has 0 aliphatic heterocycles. The molecule has 1 aliphatic rings. The molecule has 198 valence electrons. The molecule has 12 nitrogen and oxygen atoms in total. The number of carbonyl (C=O) groups excluding carboxylic acids is 2. The fraction of sp³-hybridized carbons (Fsp3) is 0.571. The molecular weight excluding hydrogens is 531 g/mol. The van der Waals surface area contributed by atoms with Crippen molar-refractivity contribution in [2.45, 2.75) is 39.3 Å². The van der Waals surface area contributed by atoms with Crippen molar-refractivity contribution in [1.29, 1.82) is 0 Å². The molecule has 36 heavy (non-hydrogen) atoms. The normalized spacial score (nSPS) is 20.1. The SMILES string of the molecule is COC(=O)[C@H](C)NP(=O)(OCCSC(=O)C(C)C)OC[C@@H]1C=C[C@H](n2cnc3c(Cl)nc(N)nc32)C1. The third kappa shape index (κ3) is 7.27. The number of nitrogen functional groups attached to an aromatic ring is 1. The summed E-state index contributed by atoms with van der Waals surface area (Å²) in [6, 6.07) is -1.03. The maximum Gasteiger partial charge on any atom is 0.406 e. The van der Waals surface area contributed by atoms with Gasteiger partial charge in [-0.3, -0.25) is 18.6 Å². The number of imidazole rings is 1. The number of nitrogens with zero attached hydrogens (tertiary/aromatic N) is 4. The first-order valence-electron chi connectivity index (χ1n) is 11.3. The summed E-state index contributed by atoms with van der Waals surface area (Å²) in [4.78, 5) is 36.1. The molecule has 3 N–H and O–H groups in total. The number of fused-ring (bicyclic) bond motifs is 1. The van der Waals surface area contributed by atoms with Gasteiger partial charge in [0.15, 0.2) is 15.9 Å². The molecule has 2 aromatic heterocycles. The molecule has 0 aromatic carbocycles. The zero-order valence-corrected chi connectivity index (χ0v) is 22.9. The number of carbonyl (C=O) groups is 2. The van der Waals surface area contributed by atoms with E-state index in [-0.39, 0.29) is 47.3 Å². The van der Waals surface area contributed by atoms with Crippen LogP contribution in [0.25, 0.3) is 11.2 Å². The summed E-state index contributed by atoms with van der Waals surface area (Å²) in [5.41, 5.74) is 6.70. The molecule has 3 rings (SSSR count). The average Bonchev–Trinajstić information content (AvgIpc) is 3.46. The maximum atomic E-state index is 13.4. The summed E-state index contributed by atoms with van der Waals surface area (Å²) in [5.74, 6) is -0.492. The lowest BCUT2D eigenvalue weighted by atomic mass is 10.1. The van der Waals surface area contributed by atoms with Crippen LogP contribution in [0.1, 0.15) is 33.2 Å². The molecule has 0 fully saturated rings. The number of rotatable bonds is 12. The number of ether oxygens (including phenoxy) is 1. The quantitative estimate of drug-likeness (QED) is 0.128. The van der Waals surface area contributed by atoms with Gasteiger partial charge < -0.3 is 15.0 Å². The summed E-state index contributed by atoms with van der Waals surface area (Å²) < 4.78 is 31.2. The van der Waals surface area contributed by atoms with E-state index in [0.29, 0.717) is 23.3 Å². The molecule has 1 unspecified atom stereocenters. The predicted molar refractivity (Wildman–Crippen MR) is 137 cm³/mol. The Bertz CT molecular complexity index is 1180. The van der Waals surface area contributed by atoms with Gasteiger partial charge in [0, 0.05) is 17.6 Å². The van der Waals surface area contributed by atoms with E-state index in [1.807, 2.05) is 16.7 Å². The van der Waals surface area contributed by atoms with Gasteiger partial charge in [-0.05, 0) is 13.3 Å². The van der Waals surface area contributed by atoms with E-state index >= 15 is 0 Å². The van der Waals surface area contributed by atoms with E-state index in [1.54, 1.807) is 20.2 Å². The standard InChI is InChI=1S/C21H30ClN6O6PS/c1-12(2)20(30)36-8-7-33-35(31,27-13(3)19(29)32-4)34-10-14-5-6-15(9-14)28-11-24-16-17(22)25-21(23)26-18(16)28/h5-6,11-15H,7-10H2,1-4H3,(H,27,31)(H2,23,25,26)/t13-,14+,15-,35?/m0/s1. The second kappa shape index (κ2) is 12.5. The van der Waals surface area contributed by atoms with Crippen molar-refractivity contribution in [1.82, 2.24) is 24.6 Å². The Kier molecular flexibility index (Phi) is 9.90. The maximum absolute atomic E-state index is 13.4. The van der Waals surface area contributed by atoms with Crippen LogP contribution in [0.3, 0.4) is 0 Å². The van der Waals surface area contributed by atoms with Crippen molar-refractivity contribution in [3.63, 3.8) is 0 Å². The molecule has 2 aromatic rings. The van der Waals surface area contributed by atoms with E-state index in [9.17, 15) is 14.2 Å². The van der Waals surface area contributed by atoms with Crippen molar-refractivity contribution in [3.05, 3.63) is 23.6 Å². The van der Waals surface area contributed by atoms with Crippen LogP contribution in [0, 0.1) is 11.8 Å². The Hall–Kier alpha value is -2.02. The second-order valence-corrected chi connectivity index (χ2v) is 11.7. The Labute approximate surface area is 218 Å². The van der Waals surface area contributed by atoms with E-state index in [0.717, 1.165) is 11.8 Å². The van der Waals surface area contributed by atoms with E-state index in [1.165, 1.54) is 14.0 Å². The first kappa shape index (κ1) is 28.5. The third-order valence-corrected chi connectivity index (χ3v) is 8.43. The smallest absolute Gasteiger partial charge is 0.406 e. The minimum Gasteiger partial charge on any atom is -0.468 e. The van der Waals surface area contributed by atoms with Gasteiger partial charge in [-0.2, -0.15) is 9.97 Å². The number of allylic oxidation sites excluding steroid dienone is 1. The lowest BCUT2D eigenvalue weighted by molar-refractivity contribution is -0.142. The Morgan fingerprint density at radius 2 is 2.06 bits per heavy atom. The van der Waals surface area contributed by atoms with Gasteiger partial charge in [-0.25, -0.2) is 14.6 Å². The van der Waals surface area contributed by atoms with Crippen LogP contribution in [0.15, 0.2) is 18.5 Å². The van der Waals surface area contributed by atoms with E-state index in [2.05, 4.69) is 20.0 Å². The van der Waals surface area contributed by atoms with Crippen molar-refractivity contribution in [3.8, 4) is 0 Å². The predicted octanol–water partition coefficient (Wildman–Crippen LogP) is 3.39. The highest BCUT2D eigenvalue weighted by atomic mass is 35.5. The summed E-state index contributed by atoms with van der Waals surface area (Å²) in [6.45, 7) is 5.15. The molecule has 0 saturated heterocycles. The van der Waals surface area contributed by atoms with E-state index < -0.39 is 19.8 Å². The lowest BCUT2D eigenvalue weighted by Crippen LogP contribution is -2.34. The number of hydrogen-bond donors (Lipinski definition) is 2. The van der Waals surface area contributed by atoms with Crippen LogP contribution in [-0.4, -0.2) is 62.7 Å². The van der Waals surface area contributed by atoms with Gasteiger partial charge in [0.05, 0.1) is 32.7 Å². The number of methoxy groups -OCH3 is 1. The summed E-state index contributed by atoms with van der Waals surface area (Å²) in [7, 11) is -2.66. The second-order valence-electron chi connectivity index (χ2n) is 8.47. The largest absolute Gasteiger partial charge is 0.468 e. The topological polar surface area (TPSA) is 161 Å². The molecule has 4 atom stereocenters. The number of nitrogens with one attached hydrogen (secondary N) is 1. The molecule has 0 amide bonds. The van der Waals surface area contributed by atoms with Gasteiger partial charge in [0.2, 0.25) is 5.95 Å². The first-order chi connectivity index (χ1) is 17.0. The zero-order chi connectivity index (χ0) is 26.5. The number of nitrogens with two attached hydrogens (primary N) is 1. The molecule has 0 spiro atoms. The number of aromatic nitrogens is 4. The fourth-order valence-electron chi connectivity index (χ4n) is 3.46. The number of anilines is 1. The molecule has 2 heterocycles. The van der Waals surface area contributed by atoms with E-state index in [4.69, 9.17) is 31.1 Å². The van der Waals surface area contributed by atoms with Gasteiger partial charge in [-0.15, -0.1) is 0 Å². The zero-order valence-electron chi connectivity index (χ0n) is 20.4. The highest BCUT2D eigenvalue weighted by Gasteiger charge is 2.32. The lowest BCUT2D eigenvalue weighted by Gasteiger charge is -2.23. The van der Waals surface area contributed by atoms with Crippen molar-refractivity contribution in [2.24, 2.45) is 11.8 Å². The minimum absolute atomic E-state index is 0.00661. The summed E-state index contributed by atoms with van der Waals surface area (Å²) in [6.07, 6.45) is 6.13. The van der Waals surface area contributed by atoms with Gasteiger partial charge in [0.25, 0.3) is 0 Å². The highest BCUT2D eigenvalue weighted by molar-refractivity contribution is 8.13. The van der Waals surface area contributed by atoms with Crippen molar-refractivity contribution in [2.75, 3.05) is 31.8 Å². The van der Waals surface area contributed by atoms with Crippen molar-refractivity contribution >= 4 is 59.3 Å². The van der Waals surface area contributed by atoms with Gasteiger partial charge in [-0.1, -0.05) is 49.4 Å². The Morgan fingerprint density at radius 3 is 2.75 bits per heavy atom. The number of halogens is 1. The number of esters is 1. The Morgan fingerprint density at radius 1 is 1.31 bits per heavy atom. The fourth-order valence-corrected chi connectivity index (χ4v) is 6.03. The van der Waals surface area contributed by atoms with Gasteiger partial charge >= 0.3 is 13.7 Å². The van der Waals surface area contributed by atoms with Crippen molar-refractivity contribution < 1.29 is 27.9 Å². The third-order valence-electron chi connectivity index (χ3n) is 5.33. The molecule has 0 saturated carbocycles.